The molecule has 0 aliphatic heterocycles. The van der Waals surface area contributed by atoms with E-state index < -0.39 is 0 Å². The molecule has 0 aromatic carbocycles. The molecule has 0 aliphatic carbocycles. The number of allylic oxidation sites excluding steroid dienone is 1. The lowest BCUT2D eigenvalue weighted by atomic mass is 10.1. The molecule has 5 nitrogen and oxygen atoms in total. The van der Waals surface area contributed by atoms with Gasteiger partial charge in [-0.15, -0.1) is 0 Å². The molecule has 0 bridgehead atoms. The van der Waals surface area contributed by atoms with Crippen molar-refractivity contribution in [1.82, 2.24) is 20.3 Å². The molecule has 0 atom stereocenters. The van der Waals surface area contributed by atoms with Gasteiger partial charge in [-0.2, -0.15) is 15.4 Å². The minimum atomic E-state index is 0.0874. The van der Waals surface area contributed by atoms with Gasteiger partial charge >= 0.3 is 0 Å². The Kier molecular flexibility index (Phi) is 4.03. The van der Waals surface area contributed by atoms with Crippen LogP contribution in [0.1, 0.15) is 32.4 Å². The van der Waals surface area contributed by atoms with Gasteiger partial charge in [-0.1, -0.05) is 13.8 Å². The standard InChI is InChI=1S/C10H16N4O/c1-4-8(9-6-11-13-12-9)7-14(3)10(15)5-2/h6-7H,4-5H2,1-3H3,(H,11,12,13)/b8-7+. The number of H-pyrrole nitrogens is 1. The summed E-state index contributed by atoms with van der Waals surface area (Å²) in [5.41, 5.74) is 1.78. The SMILES string of the molecule is CCC(=O)N(C)/C=C(\CC)c1cn[nH]n1. The number of aromatic amines is 1. The normalized spacial score (nSPS) is 11.5. The zero-order chi connectivity index (χ0) is 11.3. The maximum absolute atomic E-state index is 11.4. The van der Waals surface area contributed by atoms with Gasteiger partial charge < -0.3 is 4.90 Å². The highest BCUT2D eigenvalue weighted by Gasteiger charge is 2.07. The Balaban J connectivity index is 2.83. The minimum Gasteiger partial charge on any atom is -0.322 e. The largest absolute Gasteiger partial charge is 0.322 e. The highest BCUT2D eigenvalue weighted by Crippen LogP contribution is 2.14. The van der Waals surface area contributed by atoms with E-state index in [9.17, 15) is 4.79 Å². The first-order chi connectivity index (χ1) is 7.19. The smallest absolute Gasteiger partial charge is 0.225 e. The second kappa shape index (κ2) is 5.29. The number of amides is 1. The van der Waals surface area contributed by atoms with E-state index in [1.54, 1.807) is 18.1 Å². The van der Waals surface area contributed by atoms with Crippen LogP contribution in [0, 0.1) is 0 Å². The van der Waals surface area contributed by atoms with Gasteiger partial charge in [0, 0.05) is 19.7 Å². The third kappa shape index (κ3) is 2.90. The van der Waals surface area contributed by atoms with Gasteiger partial charge in [0.25, 0.3) is 0 Å². The summed E-state index contributed by atoms with van der Waals surface area (Å²) in [7, 11) is 1.75. The molecular weight excluding hydrogens is 192 g/mol. The number of nitrogens with one attached hydrogen (secondary N) is 1. The summed E-state index contributed by atoms with van der Waals surface area (Å²) in [6.45, 7) is 3.86. The molecule has 1 N–H and O–H groups in total. The molecule has 0 saturated carbocycles. The molecule has 0 spiro atoms. The quantitative estimate of drug-likeness (QED) is 0.814. The number of carbonyl (C=O) groups is 1. The molecular formula is C10H16N4O. The molecule has 1 aromatic rings. The van der Waals surface area contributed by atoms with Crippen LogP contribution in [0.4, 0.5) is 0 Å². The van der Waals surface area contributed by atoms with E-state index in [0.29, 0.717) is 6.42 Å². The average molecular weight is 208 g/mol. The van der Waals surface area contributed by atoms with Crippen molar-refractivity contribution >= 4 is 11.5 Å². The van der Waals surface area contributed by atoms with Gasteiger partial charge in [0.05, 0.1) is 6.20 Å². The summed E-state index contributed by atoms with van der Waals surface area (Å²) < 4.78 is 0. The fraction of sp³-hybridized carbons (Fsp3) is 0.500. The Hall–Kier alpha value is -1.65. The van der Waals surface area contributed by atoms with E-state index in [1.807, 2.05) is 20.0 Å². The Morgan fingerprint density at radius 1 is 1.53 bits per heavy atom. The zero-order valence-corrected chi connectivity index (χ0v) is 9.32. The topological polar surface area (TPSA) is 61.9 Å². The number of aromatic nitrogens is 3. The first-order valence-corrected chi connectivity index (χ1v) is 5.01. The van der Waals surface area contributed by atoms with Gasteiger partial charge in [0.1, 0.15) is 5.69 Å². The molecule has 1 rings (SSSR count). The van der Waals surface area contributed by atoms with E-state index in [2.05, 4.69) is 15.4 Å². The van der Waals surface area contributed by atoms with Crippen molar-refractivity contribution in [3.63, 3.8) is 0 Å². The Morgan fingerprint density at radius 2 is 2.27 bits per heavy atom. The summed E-state index contributed by atoms with van der Waals surface area (Å²) in [6.07, 6.45) is 4.78. The fourth-order valence-corrected chi connectivity index (χ4v) is 1.25. The molecule has 5 heteroatoms. The summed E-state index contributed by atoms with van der Waals surface area (Å²) in [5.74, 6) is 0.0874. The number of hydrogen-bond acceptors (Lipinski definition) is 3. The maximum atomic E-state index is 11.4. The second-order valence-corrected chi connectivity index (χ2v) is 3.22. The Morgan fingerprint density at radius 3 is 2.73 bits per heavy atom. The minimum absolute atomic E-state index is 0.0874. The second-order valence-electron chi connectivity index (χ2n) is 3.22. The van der Waals surface area contributed by atoms with Gasteiger partial charge in [0.2, 0.25) is 5.91 Å². The molecule has 0 aliphatic rings. The number of nitrogens with zero attached hydrogens (tertiary/aromatic N) is 3. The van der Waals surface area contributed by atoms with E-state index in [1.165, 1.54) is 0 Å². The molecule has 1 amide bonds. The third-order valence-electron chi connectivity index (χ3n) is 2.17. The highest BCUT2D eigenvalue weighted by atomic mass is 16.2. The number of hydrogen-bond donors (Lipinski definition) is 1. The van der Waals surface area contributed by atoms with Gasteiger partial charge in [-0.3, -0.25) is 4.79 Å². The van der Waals surface area contributed by atoms with Gasteiger partial charge in [-0.25, -0.2) is 0 Å². The predicted octanol–water partition coefficient (Wildman–Crippen LogP) is 1.42. The molecule has 82 valence electrons. The van der Waals surface area contributed by atoms with Crippen molar-refractivity contribution in [2.45, 2.75) is 26.7 Å². The van der Waals surface area contributed by atoms with Gasteiger partial charge in [0.15, 0.2) is 0 Å². The van der Waals surface area contributed by atoms with Crippen LogP contribution in [-0.4, -0.2) is 33.3 Å². The Labute approximate surface area is 89.2 Å². The van der Waals surface area contributed by atoms with Crippen LogP contribution >= 0.6 is 0 Å². The van der Waals surface area contributed by atoms with Gasteiger partial charge in [-0.05, 0) is 12.0 Å². The van der Waals surface area contributed by atoms with Crippen LogP contribution in [0.25, 0.3) is 5.57 Å². The van der Waals surface area contributed by atoms with Crippen LogP contribution in [-0.2, 0) is 4.79 Å². The summed E-state index contributed by atoms with van der Waals surface area (Å²) in [5, 5.41) is 10.3. The van der Waals surface area contributed by atoms with Crippen LogP contribution < -0.4 is 0 Å². The lowest BCUT2D eigenvalue weighted by Crippen LogP contribution is -2.20. The van der Waals surface area contributed by atoms with Crippen molar-refractivity contribution in [2.24, 2.45) is 0 Å². The predicted molar refractivity (Wildman–Crippen MR) is 57.7 cm³/mol. The van der Waals surface area contributed by atoms with Crippen molar-refractivity contribution in [1.29, 1.82) is 0 Å². The Bertz CT molecular complexity index is 342. The van der Waals surface area contributed by atoms with Crippen LogP contribution in [0.2, 0.25) is 0 Å². The number of carbonyl (C=O) groups excluding carboxylic acids is 1. The summed E-state index contributed by atoms with van der Waals surface area (Å²) in [6, 6.07) is 0. The van der Waals surface area contributed by atoms with Crippen molar-refractivity contribution in [3.05, 3.63) is 18.1 Å². The van der Waals surface area contributed by atoms with E-state index >= 15 is 0 Å². The lowest BCUT2D eigenvalue weighted by molar-refractivity contribution is -0.127. The van der Waals surface area contributed by atoms with Crippen molar-refractivity contribution in [3.8, 4) is 0 Å². The average Bonchev–Trinajstić information content (AvgIpc) is 2.77. The molecule has 0 fully saturated rings. The maximum Gasteiger partial charge on any atom is 0.225 e. The molecule has 0 saturated heterocycles. The third-order valence-corrected chi connectivity index (χ3v) is 2.17. The first kappa shape index (κ1) is 11.4. The fourth-order valence-electron chi connectivity index (χ4n) is 1.25. The monoisotopic (exact) mass is 208 g/mol. The lowest BCUT2D eigenvalue weighted by Gasteiger charge is -2.12. The summed E-state index contributed by atoms with van der Waals surface area (Å²) >= 11 is 0. The number of rotatable bonds is 4. The molecule has 1 aromatic heterocycles. The molecule has 1 heterocycles. The zero-order valence-electron chi connectivity index (χ0n) is 9.32. The summed E-state index contributed by atoms with van der Waals surface area (Å²) in [4.78, 5) is 13.0. The van der Waals surface area contributed by atoms with Crippen molar-refractivity contribution in [2.75, 3.05) is 7.05 Å². The highest BCUT2D eigenvalue weighted by molar-refractivity contribution is 5.78. The molecule has 0 unspecified atom stereocenters. The first-order valence-electron chi connectivity index (χ1n) is 5.01. The van der Waals surface area contributed by atoms with Crippen LogP contribution in [0.3, 0.4) is 0 Å². The van der Waals surface area contributed by atoms with Crippen LogP contribution in [0.15, 0.2) is 12.4 Å². The van der Waals surface area contributed by atoms with E-state index in [-0.39, 0.29) is 5.91 Å². The van der Waals surface area contributed by atoms with E-state index in [4.69, 9.17) is 0 Å². The van der Waals surface area contributed by atoms with Crippen molar-refractivity contribution < 1.29 is 4.79 Å². The van der Waals surface area contributed by atoms with E-state index in [0.717, 1.165) is 17.7 Å². The molecule has 15 heavy (non-hydrogen) atoms. The van der Waals surface area contributed by atoms with Crippen LogP contribution in [0.5, 0.6) is 0 Å². The molecule has 0 radical (unpaired) electrons.